The average Bonchev–Trinajstić information content (AvgIpc) is 3.81. The van der Waals surface area contributed by atoms with Gasteiger partial charge >= 0.3 is 0 Å². The highest BCUT2D eigenvalue weighted by Gasteiger charge is 2.35. The van der Waals surface area contributed by atoms with Crippen molar-refractivity contribution in [3.63, 3.8) is 0 Å². The molecule has 0 heteroatoms. The molecule has 0 bridgehead atoms. The molecule has 0 N–H and O–H groups in total. The maximum Gasteiger partial charge on any atom is 0.0291 e. The Labute approximate surface area is 389 Å². The fourth-order valence-electron chi connectivity index (χ4n) is 12.5. The smallest absolute Gasteiger partial charge is 0.0291 e. The lowest BCUT2D eigenvalue weighted by atomic mass is 9.81. The summed E-state index contributed by atoms with van der Waals surface area (Å²) in [6.45, 7) is 0. The van der Waals surface area contributed by atoms with Gasteiger partial charge in [0.25, 0.3) is 0 Å². The lowest BCUT2D eigenvalue weighted by molar-refractivity contribution is 1.09. The van der Waals surface area contributed by atoms with Crippen molar-refractivity contribution in [3.8, 4) is 89.0 Å². The number of hydrogen-bond donors (Lipinski definition) is 0. The Morgan fingerprint density at radius 3 is 1.43 bits per heavy atom. The highest BCUT2D eigenvalue weighted by Crippen LogP contribution is 2.60. The van der Waals surface area contributed by atoms with Gasteiger partial charge in [0.05, 0.1) is 0 Å². The van der Waals surface area contributed by atoms with Crippen LogP contribution < -0.4 is 5.22 Å². The molecular formula is C67H40. The molecule has 0 fully saturated rings. The molecular weight excluding hydrogens is 805 g/mol. The van der Waals surface area contributed by atoms with Crippen LogP contribution in [0, 0.1) is 0 Å². The van der Waals surface area contributed by atoms with Gasteiger partial charge in [-0.15, -0.1) is 0 Å². The van der Waals surface area contributed by atoms with Gasteiger partial charge in [-0.05, 0) is 155 Å². The van der Waals surface area contributed by atoms with Gasteiger partial charge in [0, 0.05) is 5.92 Å². The largest absolute Gasteiger partial charge is 0.0726 e. The quantitative estimate of drug-likeness (QED) is 0.120. The van der Waals surface area contributed by atoms with Crippen molar-refractivity contribution in [1.29, 1.82) is 0 Å². The van der Waals surface area contributed by atoms with Crippen LogP contribution in [0.3, 0.4) is 0 Å². The molecule has 0 aromatic heterocycles. The Kier molecular flexibility index (Phi) is 7.65. The zero-order valence-electron chi connectivity index (χ0n) is 36.6. The first-order valence-electron chi connectivity index (χ1n) is 23.6. The fourth-order valence-corrected chi connectivity index (χ4v) is 12.5. The Bertz CT molecular complexity index is 4170. The summed E-state index contributed by atoms with van der Waals surface area (Å²) in [7, 11) is 0. The third kappa shape index (κ3) is 5.07. The number of fused-ring (bicyclic) bond motifs is 9. The van der Waals surface area contributed by atoms with Gasteiger partial charge in [0.15, 0.2) is 0 Å². The second kappa shape index (κ2) is 14.0. The first kappa shape index (κ1) is 36.7. The van der Waals surface area contributed by atoms with E-state index in [9.17, 15) is 0 Å². The summed E-state index contributed by atoms with van der Waals surface area (Å²) in [6.07, 6.45) is 7.20. The Hall–Kier alpha value is -8.58. The summed E-state index contributed by atoms with van der Waals surface area (Å²) >= 11 is 0. The summed E-state index contributed by atoms with van der Waals surface area (Å²) in [4.78, 5) is 0. The van der Waals surface area contributed by atoms with Crippen LogP contribution in [-0.4, -0.2) is 0 Å². The van der Waals surface area contributed by atoms with E-state index in [1.54, 1.807) is 0 Å². The molecule has 0 heterocycles. The third-order valence-corrected chi connectivity index (χ3v) is 15.2. The van der Waals surface area contributed by atoms with Crippen LogP contribution in [0.4, 0.5) is 0 Å². The maximum absolute atomic E-state index is 2.47. The van der Waals surface area contributed by atoms with E-state index >= 15 is 0 Å². The van der Waals surface area contributed by atoms with E-state index in [2.05, 4.69) is 237 Å². The van der Waals surface area contributed by atoms with Gasteiger partial charge < -0.3 is 0 Å². The van der Waals surface area contributed by atoms with E-state index in [0.717, 1.165) is 0 Å². The first-order valence-corrected chi connectivity index (χ1v) is 23.6. The molecule has 15 rings (SSSR count). The molecule has 3 aliphatic carbocycles. The number of hydrogen-bond acceptors (Lipinski definition) is 0. The molecule has 308 valence electrons. The van der Waals surface area contributed by atoms with Crippen molar-refractivity contribution in [2.45, 2.75) is 5.92 Å². The molecule has 3 aliphatic rings. The molecule has 0 saturated heterocycles. The fraction of sp³-hybridized carbons (Fsp3) is 0.0149. The minimum atomic E-state index is 0.154. The molecule has 1 atom stereocenters. The van der Waals surface area contributed by atoms with Gasteiger partial charge in [-0.3, -0.25) is 0 Å². The van der Waals surface area contributed by atoms with E-state index in [4.69, 9.17) is 0 Å². The maximum atomic E-state index is 2.47. The second-order valence-electron chi connectivity index (χ2n) is 18.5. The monoisotopic (exact) mass is 844 g/mol. The Balaban J connectivity index is 0.999. The topological polar surface area (TPSA) is 0 Å². The molecule has 0 nitrogen and oxygen atoms in total. The molecule has 12 aromatic carbocycles. The molecule has 1 unspecified atom stereocenters. The van der Waals surface area contributed by atoms with Crippen molar-refractivity contribution in [3.05, 3.63) is 247 Å². The SMILES string of the molecule is C1=CC2c3cc(-c4ccccc4-c4ccccc4)ccc3-c3ccc4c(c32)c(c2ccc3c5c(ccc4c52)-c2c-3c(-c3ccccc3)c3ccccc3c2-c2ccccc2-c2ccccc2)=C1. The van der Waals surface area contributed by atoms with Crippen LogP contribution in [0.15, 0.2) is 231 Å². The van der Waals surface area contributed by atoms with Crippen molar-refractivity contribution in [2.75, 3.05) is 0 Å². The molecule has 0 aliphatic heterocycles. The molecule has 67 heavy (non-hydrogen) atoms. The number of allylic oxidation sites excluding steroid dienone is 2. The standard InChI is InChI=1S/C67H40/c1-4-17-40(18-5-1)44-23-10-11-25-46(44)43-31-32-47-53-33-34-55-56-36-38-58-65-57(37-35-54(63(56)65)51-29-16-30-52(59(47)39-43)62(53)61(51)55)66-60(42-21-8-3-9-22-42)49-27-14-15-28-50(49)64(67(58)66)48-26-13-12-24-45(48)41-19-6-2-7-20-41/h1-39,52H. The molecule has 0 radical (unpaired) electrons. The predicted octanol–water partition coefficient (Wildman–Crippen LogP) is 17.5. The van der Waals surface area contributed by atoms with E-state index in [-0.39, 0.29) is 5.92 Å². The average molecular weight is 845 g/mol. The highest BCUT2D eigenvalue weighted by atomic mass is 14.4. The summed E-state index contributed by atoms with van der Waals surface area (Å²) in [5.41, 5.74) is 23.4. The van der Waals surface area contributed by atoms with Crippen LogP contribution in [0.5, 0.6) is 0 Å². The number of benzene rings is 12. The van der Waals surface area contributed by atoms with Crippen molar-refractivity contribution >= 4 is 49.2 Å². The Morgan fingerprint density at radius 1 is 0.269 bits per heavy atom. The zero-order valence-corrected chi connectivity index (χ0v) is 36.6. The summed E-state index contributed by atoms with van der Waals surface area (Å²) in [6, 6.07) is 81.6. The summed E-state index contributed by atoms with van der Waals surface area (Å²) in [5.74, 6) is 0.154. The van der Waals surface area contributed by atoms with Crippen LogP contribution >= 0.6 is 0 Å². The van der Waals surface area contributed by atoms with E-state index in [0.29, 0.717) is 0 Å². The lowest BCUT2D eigenvalue weighted by Gasteiger charge is -2.22. The van der Waals surface area contributed by atoms with Crippen LogP contribution in [-0.2, 0) is 0 Å². The molecule has 0 amide bonds. The summed E-state index contributed by atoms with van der Waals surface area (Å²) in [5, 5.41) is 11.9. The van der Waals surface area contributed by atoms with Gasteiger partial charge in [-0.1, -0.05) is 231 Å². The lowest BCUT2D eigenvalue weighted by Crippen LogP contribution is -2.08. The van der Waals surface area contributed by atoms with Crippen LogP contribution in [0.1, 0.15) is 17.0 Å². The van der Waals surface area contributed by atoms with E-state index < -0.39 is 0 Å². The molecule has 12 aromatic rings. The van der Waals surface area contributed by atoms with E-state index in [1.807, 2.05) is 0 Å². The van der Waals surface area contributed by atoms with Crippen molar-refractivity contribution < 1.29 is 0 Å². The normalized spacial score (nSPS) is 13.9. The minimum Gasteiger partial charge on any atom is -0.0726 e. The highest BCUT2D eigenvalue weighted by molar-refractivity contribution is 6.35. The predicted molar refractivity (Wildman–Crippen MR) is 284 cm³/mol. The minimum absolute atomic E-state index is 0.154. The van der Waals surface area contributed by atoms with E-state index in [1.165, 1.54) is 148 Å². The van der Waals surface area contributed by atoms with Crippen molar-refractivity contribution in [2.24, 2.45) is 0 Å². The third-order valence-electron chi connectivity index (χ3n) is 15.2. The summed E-state index contributed by atoms with van der Waals surface area (Å²) < 4.78 is 0. The zero-order chi connectivity index (χ0) is 43.7. The second-order valence-corrected chi connectivity index (χ2v) is 18.5. The van der Waals surface area contributed by atoms with Gasteiger partial charge in [0.2, 0.25) is 0 Å². The molecule has 0 spiro atoms. The van der Waals surface area contributed by atoms with Crippen LogP contribution in [0.25, 0.3) is 138 Å². The van der Waals surface area contributed by atoms with Crippen molar-refractivity contribution in [1.82, 2.24) is 0 Å². The van der Waals surface area contributed by atoms with Gasteiger partial charge in [0.1, 0.15) is 0 Å². The molecule has 0 saturated carbocycles. The first-order chi connectivity index (χ1) is 33.3. The number of rotatable bonds is 5. The van der Waals surface area contributed by atoms with Crippen LogP contribution in [0.2, 0.25) is 0 Å². The van der Waals surface area contributed by atoms with Gasteiger partial charge in [-0.25, -0.2) is 0 Å². The Morgan fingerprint density at radius 2 is 0.761 bits per heavy atom. The van der Waals surface area contributed by atoms with Gasteiger partial charge in [-0.2, -0.15) is 0 Å².